The second-order valence-electron chi connectivity index (χ2n) is 4.33. The maximum Gasteiger partial charge on any atom is 0.222 e. The molecule has 0 saturated carbocycles. The highest BCUT2D eigenvalue weighted by Crippen LogP contribution is 2.00. The van der Waals surface area contributed by atoms with E-state index < -0.39 is 0 Å². The topological polar surface area (TPSA) is 58.4 Å². The zero-order chi connectivity index (χ0) is 12.9. The van der Waals surface area contributed by atoms with Crippen LogP contribution in [0, 0.1) is 0 Å². The Hall–Kier alpha value is -0.610. The highest BCUT2D eigenvalue weighted by molar-refractivity contribution is 5.75. The Kier molecular flexibility index (Phi) is 11.4. The van der Waals surface area contributed by atoms with Crippen molar-refractivity contribution in [2.75, 3.05) is 32.7 Å². The Balaban J connectivity index is 3.64. The van der Waals surface area contributed by atoms with Crippen molar-refractivity contribution in [3.8, 4) is 0 Å². The van der Waals surface area contributed by atoms with E-state index in [1.165, 1.54) is 6.42 Å². The molecule has 0 aromatic carbocycles. The molecule has 0 heterocycles. The van der Waals surface area contributed by atoms with E-state index in [2.05, 4.69) is 12.2 Å². The maximum atomic E-state index is 11.7. The molecule has 0 aliphatic carbocycles. The molecular formula is C13H29N3O. The molecule has 102 valence electrons. The summed E-state index contributed by atoms with van der Waals surface area (Å²) in [4.78, 5) is 13.6. The number of hydrogen-bond donors (Lipinski definition) is 2. The van der Waals surface area contributed by atoms with E-state index in [4.69, 9.17) is 5.73 Å². The second-order valence-corrected chi connectivity index (χ2v) is 4.33. The minimum atomic E-state index is 0.250. The normalized spacial score (nSPS) is 10.5. The van der Waals surface area contributed by atoms with Crippen molar-refractivity contribution >= 4 is 5.91 Å². The molecule has 3 N–H and O–H groups in total. The van der Waals surface area contributed by atoms with Gasteiger partial charge in [0.1, 0.15) is 0 Å². The summed E-state index contributed by atoms with van der Waals surface area (Å²) in [6.07, 6.45) is 4.89. The molecule has 0 unspecified atom stereocenters. The van der Waals surface area contributed by atoms with Crippen LogP contribution >= 0.6 is 0 Å². The minimum Gasteiger partial charge on any atom is -0.343 e. The Labute approximate surface area is 106 Å². The molecule has 0 bridgehead atoms. The minimum absolute atomic E-state index is 0.250. The number of hydrogen-bond acceptors (Lipinski definition) is 3. The van der Waals surface area contributed by atoms with E-state index >= 15 is 0 Å². The lowest BCUT2D eigenvalue weighted by Gasteiger charge is -2.22. The van der Waals surface area contributed by atoms with Gasteiger partial charge in [0.05, 0.1) is 0 Å². The highest BCUT2D eigenvalue weighted by atomic mass is 16.2. The lowest BCUT2D eigenvalue weighted by molar-refractivity contribution is -0.131. The Morgan fingerprint density at radius 2 is 1.82 bits per heavy atom. The zero-order valence-corrected chi connectivity index (χ0v) is 11.5. The zero-order valence-electron chi connectivity index (χ0n) is 11.5. The number of unbranched alkanes of at least 4 members (excludes halogenated alkanes) is 1. The smallest absolute Gasteiger partial charge is 0.222 e. The van der Waals surface area contributed by atoms with Crippen LogP contribution in [0.15, 0.2) is 0 Å². The molecule has 0 spiro atoms. The average Bonchev–Trinajstić information content (AvgIpc) is 2.36. The summed E-state index contributed by atoms with van der Waals surface area (Å²) >= 11 is 0. The van der Waals surface area contributed by atoms with Crippen LogP contribution in [0.3, 0.4) is 0 Å². The predicted octanol–water partition coefficient (Wildman–Crippen LogP) is 1.35. The molecule has 0 radical (unpaired) electrons. The molecule has 0 fully saturated rings. The van der Waals surface area contributed by atoms with Crippen LogP contribution in [0.4, 0.5) is 0 Å². The third-order valence-corrected chi connectivity index (χ3v) is 2.75. The van der Waals surface area contributed by atoms with Gasteiger partial charge in [-0.3, -0.25) is 4.79 Å². The summed E-state index contributed by atoms with van der Waals surface area (Å²) in [6, 6.07) is 0. The van der Waals surface area contributed by atoms with Gasteiger partial charge in [0.25, 0.3) is 0 Å². The Morgan fingerprint density at radius 3 is 2.41 bits per heavy atom. The number of amides is 1. The van der Waals surface area contributed by atoms with Crippen LogP contribution < -0.4 is 11.1 Å². The fraction of sp³-hybridized carbons (Fsp3) is 0.923. The van der Waals surface area contributed by atoms with Crippen LogP contribution in [0.1, 0.15) is 46.0 Å². The average molecular weight is 243 g/mol. The summed E-state index contributed by atoms with van der Waals surface area (Å²) in [6.45, 7) is 8.57. The van der Waals surface area contributed by atoms with E-state index in [1.54, 1.807) is 0 Å². The lowest BCUT2D eigenvalue weighted by atomic mass is 10.2. The largest absolute Gasteiger partial charge is 0.343 e. The fourth-order valence-electron chi connectivity index (χ4n) is 1.72. The lowest BCUT2D eigenvalue weighted by Crippen LogP contribution is -2.33. The first-order chi connectivity index (χ1) is 8.26. The fourth-order valence-corrected chi connectivity index (χ4v) is 1.72. The van der Waals surface area contributed by atoms with Crippen LogP contribution in [-0.4, -0.2) is 43.5 Å². The van der Waals surface area contributed by atoms with Gasteiger partial charge in [0.15, 0.2) is 0 Å². The predicted molar refractivity (Wildman–Crippen MR) is 72.9 cm³/mol. The van der Waals surface area contributed by atoms with Crippen molar-refractivity contribution in [2.24, 2.45) is 5.73 Å². The van der Waals surface area contributed by atoms with E-state index in [-0.39, 0.29) is 5.91 Å². The van der Waals surface area contributed by atoms with E-state index in [0.29, 0.717) is 13.0 Å². The number of nitrogens with one attached hydrogen (secondary N) is 1. The number of nitrogens with zero attached hydrogens (tertiary/aromatic N) is 1. The maximum absolute atomic E-state index is 11.7. The monoisotopic (exact) mass is 243 g/mol. The van der Waals surface area contributed by atoms with Crippen LogP contribution in [-0.2, 0) is 4.79 Å². The summed E-state index contributed by atoms with van der Waals surface area (Å²) in [5.74, 6) is 0.250. The molecule has 0 aromatic heterocycles. The van der Waals surface area contributed by atoms with Gasteiger partial charge in [-0.05, 0) is 45.3 Å². The van der Waals surface area contributed by atoms with Crippen molar-refractivity contribution < 1.29 is 4.79 Å². The molecule has 0 atom stereocenters. The van der Waals surface area contributed by atoms with Gasteiger partial charge in [-0.25, -0.2) is 0 Å². The van der Waals surface area contributed by atoms with E-state index in [0.717, 1.165) is 45.4 Å². The van der Waals surface area contributed by atoms with Gasteiger partial charge in [-0.2, -0.15) is 0 Å². The first-order valence-electron chi connectivity index (χ1n) is 6.94. The van der Waals surface area contributed by atoms with Crippen molar-refractivity contribution in [3.05, 3.63) is 0 Å². The van der Waals surface area contributed by atoms with Gasteiger partial charge in [0, 0.05) is 19.5 Å². The van der Waals surface area contributed by atoms with Crippen molar-refractivity contribution in [2.45, 2.75) is 46.0 Å². The van der Waals surface area contributed by atoms with Gasteiger partial charge in [-0.15, -0.1) is 0 Å². The molecule has 0 rings (SSSR count). The van der Waals surface area contributed by atoms with Crippen LogP contribution in [0.25, 0.3) is 0 Å². The molecule has 0 saturated heterocycles. The first-order valence-corrected chi connectivity index (χ1v) is 6.94. The van der Waals surface area contributed by atoms with Gasteiger partial charge in [-0.1, -0.05) is 13.8 Å². The Bertz CT molecular complexity index is 186. The quantitative estimate of drug-likeness (QED) is 0.539. The van der Waals surface area contributed by atoms with E-state index in [9.17, 15) is 4.79 Å². The molecule has 1 amide bonds. The SMILES string of the molecule is CCCNCCCCN(CCCN)C(=O)CC. The number of carbonyl (C=O) groups is 1. The molecule has 0 aromatic rings. The number of nitrogens with two attached hydrogens (primary N) is 1. The molecule has 4 nitrogen and oxygen atoms in total. The first kappa shape index (κ1) is 16.4. The molecule has 0 aliphatic heterocycles. The van der Waals surface area contributed by atoms with Gasteiger partial charge < -0.3 is 16.0 Å². The highest BCUT2D eigenvalue weighted by Gasteiger charge is 2.09. The molecule has 4 heteroatoms. The standard InChI is InChI=1S/C13H29N3O/c1-3-9-15-10-5-6-11-16(12-7-8-14)13(17)4-2/h15H,3-12,14H2,1-2H3. The van der Waals surface area contributed by atoms with Gasteiger partial charge >= 0.3 is 0 Å². The van der Waals surface area contributed by atoms with Crippen LogP contribution in [0.5, 0.6) is 0 Å². The van der Waals surface area contributed by atoms with Gasteiger partial charge in [0.2, 0.25) is 5.91 Å². The summed E-state index contributed by atoms with van der Waals surface area (Å²) < 4.78 is 0. The summed E-state index contributed by atoms with van der Waals surface area (Å²) in [5.41, 5.74) is 5.48. The van der Waals surface area contributed by atoms with E-state index in [1.807, 2.05) is 11.8 Å². The molecular weight excluding hydrogens is 214 g/mol. The summed E-state index contributed by atoms with van der Waals surface area (Å²) in [7, 11) is 0. The van der Waals surface area contributed by atoms with Crippen molar-refractivity contribution in [3.63, 3.8) is 0 Å². The van der Waals surface area contributed by atoms with Crippen LogP contribution in [0.2, 0.25) is 0 Å². The number of rotatable bonds is 11. The third-order valence-electron chi connectivity index (χ3n) is 2.75. The molecule has 17 heavy (non-hydrogen) atoms. The Morgan fingerprint density at radius 1 is 1.12 bits per heavy atom. The molecule has 0 aliphatic rings. The third kappa shape index (κ3) is 9.12. The number of carbonyl (C=O) groups excluding carboxylic acids is 1. The van der Waals surface area contributed by atoms with Crippen molar-refractivity contribution in [1.29, 1.82) is 0 Å². The van der Waals surface area contributed by atoms with Crippen molar-refractivity contribution in [1.82, 2.24) is 10.2 Å². The summed E-state index contributed by atoms with van der Waals surface area (Å²) in [5, 5.41) is 3.37. The second kappa shape index (κ2) is 11.9.